The topological polar surface area (TPSA) is 12.0 Å². The van der Waals surface area contributed by atoms with Crippen LogP contribution in [0.5, 0.6) is 0 Å². The summed E-state index contributed by atoms with van der Waals surface area (Å²) in [5, 5.41) is 3.45. The van der Waals surface area contributed by atoms with Crippen LogP contribution in [-0.2, 0) is 0 Å². The molecule has 1 heterocycles. The number of hydrogen-bond donors (Lipinski definition) is 1. The van der Waals surface area contributed by atoms with Gasteiger partial charge in [0, 0.05) is 12.2 Å². The van der Waals surface area contributed by atoms with Crippen LogP contribution in [0.3, 0.4) is 0 Å². The van der Waals surface area contributed by atoms with E-state index < -0.39 is 0 Å². The highest BCUT2D eigenvalue weighted by molar-refractivity contribution is 5.29. The molecule has 0 saturated carbocycles. The lowest BCUT2D eigenvalue weighted by Gasteiger charge is -2.22. The van der Waals surface area contributed by atoms with Gasteiger partial charge in [-0.1, -0.05) is 26.0 Å². The molecule has 0 radical (unpaired) electrons. The Morgan fingerprint density at radius 1 is 1.25 bits per heavy atom. The fraction of sp³-hybridized carbons (Fsp3) is 0.636. The number of rotatable bonds is 0. The summed E-state index contributed by atoms with van der Waals surface area (Å²) in [6, 6.07) is 0. The van der Waals surface area contributed by atoms with E-state index in [2.05, 4.69) is 17.5 Å². The third kappa shape index (κ3) is 2.13. The molecular formula is C11H19N. The summed E-state index contributed by atoms with van der Waals surface area (Å²) >= 11 is 0. The maximum Gasteiger partial charge on any atom is 0.0147 e. The van der Waals surface area contributed by atoms with Gasteiger partial charge in [0.1, 0.15) is 0 Å². The van der Waals surface area contributed by atoms with Crippen LogP contribution in [-0.4, -0.2) is 6.54 Å². The van der Waals surface area contributed by atoms with E-state index in [9.17, 15) is 0 Å². The van der Waals surface area contributed by atoms with Crippen molar-refractivity contribution in [3.05, 3.63) is 23.4 Å². The summed E-state index contributed by atoms with van der Waals surface area (Å²) in [5.74, 6) is 0. The van der Waals surface area contributed by atoms with Crippen molar-refractivity contribution in [2.24, 2.45) is 0 Å². The summed E-state index contributed by atoms with van der Waals surface area (Å²) in [4.78, 5) is 0. The highest BCUT2D eigenvalue weighted by atomic mass is 14.9. The molecule has 2 aliphatic rings. The quantitative estimate of drug-likeness (QED) is 0.582. The summed E-state index contributed by atoms with van der Waals surface area (Å²) < 4.78 is 0. The van der Waals surface area contributed by atoms with E-state index in [0.29, 0.717) is 0 Å². The molecule has 0 saturated heterocycles. The van der Waals surface area contributed by atoms with Gasteiger partial charge >= 0.3 is 0 Å². The van der Waals surface area contributed by atoms with Crippen molar-refractivity contribution in [2.75, 3.05) is 6.54 Å². The summed E-state index contributed by atoms with van der Waals surface area (Å²) in [6.07, 6.45) is 9.64. The Morgan fingerprint density at radius 3 is 2.83 bits per heavy atom. The first kappa shape index (κ1) is 9.37. The zero-order valence-corrected chi connectivity index (χ0v) is 8.19. The monoisotopic (exact) mass is 165 g/mol. The predicted molar refractivity (Wildman–Crippen MR) is 54.0 cm³/mol. The molecule has 1 nitrogen and oxygen atoms in total. The van der Waals surface area contributed by atoms with E-state index in [1.54, 1.807) is 5.57 Å². The second-order valence-electron chi connectivity index (χ2n) is 2.98. The molecule has 0 aromatic heterocycles. The van der Waals surface area contributed by atoms with Gasteiger partial charge in [-0.3, -0.25) is 0 Å². The Labute approximate surface area is 75.6 Å². The maximum atomic E-state index is 3.45. The molecule has 68 valence electrons. The first-order valence-corrected chi connectivity index (χ1v) is 5.09. The van der Waals surface area contributed by atoms with E-state index in [4.69, 9.17) is 0 Å². The average molecular weight is 165 g/mol. The van der Waals surface area contributed by atoms with Gasteiger partial charge in [0.05, 0.1) is 0 Å². The number of hydrogen-bond acceptors (Lipinski definition) is 1. The lowest BCUT2D eigenvalue weighted by Crippen LogP contribution is -2.22. The van der Waals surface area contributed by atoms with Gasteiger partial charge in [0.25, 0.3) is 0 Å². The lowest BCUT2D eigenvalue weighted by atomic mass is 9.96. The summed E-state index contributed by atoms with van der Waals surface area (Å²) in [5.41, 5.74) is 3.06. The van der Waals surface area contributed by atoms with Crippen molar-refractivity contribution >= 4 is 0 Å². The third-order valence-corrected chi connectivity index (χ3v) is 2.23. The Kier molecular flexibility index (Phi) is 3.92. The first-order valence-electron chi connectivity index (χ1n) is 5.09. The van der Waals surface area contributed by atoms with Gasteiger partial charge in [-0.25, -0.2) is 0 Å². The molecule has 1 aliphatic heterocycles. The van der Waals surface area contributed by atoms with Gasteiger partial charge in [-0.2, -0.15) is 0 Å². The van der Waals surface area contributed by atoms with Crippen molar-refractivity contribution in [3.8, 4) is 0 Å². The minimum absolute atomic E-state index is 1.19. The molecule has 0 aromatic rings. The first-order chi connectivity index (χ1) is 5.97. The third-order valence-electron chi connectivity index (χ3n) is 2.23. The summed E-state index contributed by atoms with van der Waals surface area (Å²) in [6.45, 7) is 5.19. The van der Waals surface area contributed by atoms with Crippen LogP contribution in [0.2, 0.25) is 0 Å². The molecule has 12 heavy (non-hydrogen) atoms. The Bertz CT molecular complexity index is 189. The largest absolute Gasteiger partial charge is 0.388 e. The van der Waals surface area contributed by atoms with E-state index in [0.717, 1.165) is 0 Å². The lowest BCUT2D eigenvalue weighted by molar-refractivity contribution is 0.634. The van der Waals surface area contributed by atoms with Gasteiger partial charge in [0.2, 0.25) is 0 Å². The number of nitrogens with one attached hydrogen (secondary N) is 1. The summed E-state index contributed by atoms with van der Waals surface area (Å²) in [7, 11) is 0. The van der Waals surface area contributed by atoms with E-state index in [-0.39, 0.29) is 0 Å². The predicted octanol–water partition coefficient (Wildman–Crippen LogP) is 3.00. The van der Waals surface area contributed by atoms with Crippen LogP contribution in [0, 0.1) is 0 Å². The smallest absolute Gasteiger partial charge is 0.0147 e. The molecule has 0 amide bonds. The molecule has 1 heteroatoms. The van der Waals surface area contributed by atoms with Gasteiger partial charge < -0.3 is 5.32 Å². The van der Waals surface area contributed by atoms with Gasteiger partial charge in [-0.05, 0) is 31.3 Å². The molecule has 0 aromatic carbocycles. The second kappa shape index (κ2) is 5.02. The van der Waals surface area contributed by atoms with Crippen LogP contribution in [0.25, 0.3) is 0 Å². The van der Waals surface area contributed by atoms with Crippen LogP contribution >= 0.6 is 0 Å². The molecule has 0 fully saturated rings. The van der Waals surface area contributed by atoms with Crippen LogP contribution in [0.4, 0.5) is 0 Å². The van der Waals surface area contributed by atoms with E-state index in [1.165, 1.54) is 37.9 Å². The van der Waals surface area contributed by atoms with Crippen molar-refractivity contribution < 1.29 is 0 Å². The zero-order chi connectivity index (χ0) is 8.81. The minimum Gasteiger partial charge on any atom is -0.388 e. The highest BCUT2D eigenvalue weighted by Crippen LogP contribution is 2.23. The average Bonchev–Trinajstić information content (AvgIpc) is 2.21. The van der Waals surface area contributed by atoms with Gasteiger partial charge in [0.15, 0.2) is 0 Å². The van der Waals surface area contributed by atoms with E-state index >= 15 is 0 Å². The molecule has 1 aliphatic carbocycles. The van der Waals surface area contributed by atoms with Crippen molar-refractivity contribution in [2.45, 2.75) is 39.5 Å². The van der Waals surface area contributed by atoms with Crippen LogP contribution in [0.15, 0.2) is 23.4 Å². The molecule has 0 unspecified atom stereocenters. The highest BCUT2D eigenvalue weighted by Gasteiger charge is 2.10. The fourth-order valence-electron chi connectivity index (χ4n) is 1.67. The van der Waals surface area contributed by atoms with Crippen LogP contribution < -0.4 is 5.32 Å². The molecule has 0 atom stereocenters. The molecule has 2 rings (SSSR count). The number of allylic oxidation sites excluding steroid dienone is 4. The molecule has 0 spiro atoms. The maximum absolute atomic E-state index is 3.45. The SMILES string of the molecule is C1=CC2=C(CC1)NCCC2.CC. The molecular weight excluding hydrogens is 146 g/mol. The molecule has 0 bridgehead atoms. The van der Waals surface area contributed by atoms with E-state index in [1.807, 2.05) is 13.8 Å². The minimum atomic E-state index is 1.19. The normalized spacial score (nSPS) is 20.5. The van der Waals surface area contributed by atoms with Gasteiger partial charge in [-0.15, -0.1) is 0 Å². The second-order valence-corrected chi connectivity index (χ2v) is 2.98. The zero-order valence-electron chi connectivity index (χ0n) is 8.19. The fourth-order valence-corrected chi connectivity index (χ4v) is 1.67. The van der Waals surface area contributed by atoms with Crippen molar-refractivity contribution in [1.29, 1.82) is 0 Å². The Morgan fingerprint density at radius 2 is 2.08 bits per heavy atom. The Balaban J connectivity index is 0.000000336. The van der Waals surface area contributed by atoms with Crippen molar-refractivity contribution in [3.63, 3.8) is 0 Å². The van der Waals surface area contributed by atoms with Crippen molar-refractivity contribution in [1.82, 2.24) is 5.32 Å². The van der Waals surface area contributed by atoms with Crippen LogP contribution in [0.1, 0.15) is 39.5 Å². The molecule has 1 N–H and O–H groups in total. The Hall–Kier alpha value is -0.720. The standard InChI is InChI=1S/C9H13N.C2H6/c1-2-6-9-8(4-1)5-3-7-10-9;1-2/h1,4,10H,2-3,5-7H2;1-2H3.